The second kappa shape index (κ2) is 3.44. The van der Waals surface area contributed by atoms with Gasteiger partial charge in [-0.1, -0.05) is 22.9 Å². The van der Waals surface area contributed by atoms with Crippen molar-refractivity contribution in [1.82, 2.24) is 15.0 Å². The number of aromatic nitrogens is 3. The first-order valence-electron chi connectivity index (χ1n) is 5.74. The van der Waals surface area contributed by atoms with Gasteiger partial charge in [-0.2, -0.15) is 0 Å². The molecule has 0 radical (unpaired) electrons. The summed E-state index contributed by atoms with van der Waals surface area (Å²) in [5.41, 5.74) is 4.79. The van der Waals surface area contributed by atoms with Gasteiger partial charge >= 0.3 is 0 Å². The molecular formula is C13H15N3. The molecule has 3 rings (SSSR count). The lowest BCUT2D eigenvalue weighted by atomic mass is 10.1. The van der Waals surface area contributed by atoms with Crippen LogP contribution in [0.2, 0.25) is 0 Å². The molecule has 0 saturated heterocycles. The van der Waals surface area contributed by atoms with E-state index in [4.69, 9.17) is 0 Å². The minimum atomic E-state index is 0.666. The second-order valence-corrected chi connectivity index (χ2v) is 4.65. The average Bonchev–Trinajstić information content (AvgIpc) is 2.98. The Hall–Kier alpha value is -1.64. The van der Waals surface area contributed by atoms with Gasteiger partial charge in [0.25, 0.3) is 0 Å². The molecule has 1 heterocycles. The first-order chi connectivity index (χ1) is 7.74. The third kappa shape index (κ3) is 1.62. The summed E-state index contributed by atoms with van der Waals surface area (Å²) >= 11 is 0. The molecule has 16 heavy (non-hydrogen) atoms. The van der Waals surface area contributed by atoms with E-state index in [1.54, 1.807) is 0 Å². The van der Waals surface area contributed by atoms with Crippen molar-refractivity contribution in [2.24, 2.45) is 0 Å². The van der Waals surface area contributed by atoms with Crippen molar-refractivity contribution in [3.8, 4) is 5.69 Å². The lowest BCUT2D eigenvalue weighted by Gasteiger charge is -2.05. The van der Waals surface area contributed by atoms with Gasteiger partial charge in [-0.15, -0.1) is 5.10 Å². The predicted octanol–water partition coefficient (Wildman–Crippen LogP) is 2.76. The van der Waals surface area contributed by atoms with Crippen LogP contribution < -0.4 is 0 Å². The molecule has 1 aromatic heterocycles. The Morgan fingerprint density at radius 1 is 1.25 bits per heavy atom. The second-order valence-electron chi connectivity index (χ2n) is 4.65. The Kier molecular flexibility index (Phi) is 2.06. The lowest BCUT2D eigenvalue weighted by molar-refractivity contribution is 0.792. The van der Waals surface area contributed by atoms with Crippen LogP contribution in [0.25, 0.3) is 5.69 Å². The highest BCUT2D eigenvalue weighted by molar-refractivity contribution is 5.41. The van der Waals surface area contributed by atoms with E-state index in [1.165, 1.54) is 24.0 Å². The molecule has 1 saturated carbocycles. The fourth-order valence-corrected chi connectivity index (χ4v) is 2.02. The molecule has 0 aliphatic heterocycles. The zero-order valence-corrected chi connectivity index (χ0v) is 9.64. The molecule has 2 aromatic rings. The van der Waals surface area contributed by atoms with Crippen LogP contribution in [0.5, 0.6) is 0 Å². The molecule has 1 fully saturated rings. The van der Waals surface area contributed by atoms with Gasteiger partial charge < -0.3 is 0 Å². The topological polar surface area (TPSA) is 30.7 Å². The van der Waals surface area contributed by atoms with Gasteiger partial charge in [0, 0.05) is 5.92 Å². The van der Waals surface area contributed by atoms with E-state index in [-0.39, 0.29) is 0 Å². The zero-order valence-electron chi connectivity index (χ0n) is 9.64. The largest absolute Gasteiger partial charge is 0.220 e. The molecule has 1 aliphatic carbocycles. The highest BCUT2D eigenvalue weighted by Crippen LogP contribution is 2.38. The van der Waals surface area contributed by atoms with E-state index in [1.807, 2.05) is 4.68 Å². The van der Waals surface area contributed by atoms with E-state index in [0.29, 0.717) is 5.92 Å². The molecular weight excluding hydrogens is 198 g/mol. The van der Waals surface area contributed by atoms with E-state index < -0.39 is 0 Å². The van der Waals surface area contributed by atoms with Crippen LogP contribution in [0.1, 0.15) is 35.6 Å². The Balaban J connectivity index is 2.00. The zero-order chi connectivity index (χ0) is 11.1. The normalized spacial score (nSPS) is 15.4. The summed E-state index contributed by atoms with van der Waals surface area (Å²) in [5, 5.41) is 8.44. The number of rotatable bonds is 2. The van der Waals surface area contributed by atoms with Crippen molar-refractivity contribution in [3.63, 3.8) is 0 Å². The third-order valence-electron chi connectivity index (χ3n) is 3.11. The molecule has 0 atom stereocenters. The summed E-state index contributed by atoms with van der Waals surface area (Å²) in [4.78, 5) is 0. The Morgan fingerprint density at radius 2 is 2.06 bits per heavy atom. The van der Waals surface area contributed by atoms with Gasteiger partial charge in [0.15, 0.2) is 0 Å². The Morgan fingerprint density at radius 3 is 2.75 bits per heavy atom. The smallest absolute Gasteiger partial charge is 0.0862 e. The number of aryl methyl sites for hydroxylation is 2. The molecule has 0 unspecified atom stereocenters. The van der Waals surface area contributed by atoms with E-state index in [0.717, 1.165) is 11.4 Å². The first kappa shape index (κ1) is 9.58. The van der Waals surface area contributed by atoms with Crippen LogP contribution >= 0.6 is 0 Å². The maximum atomic E-state index is 4.23. The third-order valence-corrected chi connectivity index (χ3v) is 3.11. The van der Waals surface area contributed by atoms with Crippen molar-refractivity contribution in [2.75, 3.05) is 0 Å². The fraction of sp³-hybridized carbons (Fsp3) is 0.385. The van der Waals surface area contributed by atoms with E-state index >= 15 is 0 Å². The highest BCUT2D eigenvalue weighted by atomic mass is 15.4. The summed E-state index contributed by atoms with van der Waals surface area (Å²) in [6, 6.07) is 6.39. The first-order valence-corrected chi connectivity index (χ1v) is 5.74. The van der Waals surface area contributed by atoms with Crippen LogP contribution in [0.15, 0.2) is 24.4 Å². The molecule has 3 nitrogen and oxygen atoms in total. The van der Waals surface area contributed by atoms with E-state index in [9.17, 15) is 0 Å². The number of benzene rings is 1. The standard InChI is InChI=1S/C13H15N3/c1-9-3-6-13(10(2)7-9)16-8-12(14-15-16)11-4-5-11/h3,6-8,11H,4-5H2,1-2H3. The molecule has 0 spiro atoms. The maximum Gasteiger partial charge on any atom is 0.0862 e. The van der Waals surface area contributed by atoms with Crippen LogP contribution in [0.3, 0.4) is 0 Å². The fourth-order valence-electron chi connectivity index (χ4n) is 2.02. The monoisotopic (exact) mass is 213 g/mol. The van der Waals surface area contributed by atoms with Gasteiger partial charge in [-0.25, -0.2) is 4.68 Å². The highest BCUT2D eigenvalue weighted by Gasteiger charge is 2.26. The molecule has 82 valence electrons. The molecule has 1 aromatic carbocycles. The van der Waals surface area contributed by atoms with Crippen molar-refractivity contribution < 1.29 is 0 Å². The van der Waals surface area contributed by atoms with Gasteiger partial charge in [-0.05, 0) is 38.3 Å². The number of nitrogens with zero attached hydrogens (tertiary/aromatic N) is 3. The van der Waals surface area contributed by atoms with Crippen LogP contribution in [-0.4, -0.2) is 15.0 Å². The maximum absolute atomic E-state index is 4.23. The summed E-state index contributed by atoms with van der Waals surface area (Å²) in [6.07, 6.45) is 4.60. The minimum Gasteiger partial charge on any atom is -0.220 e. The van der Waals surface area contributed by atoms with E-state index in [2.05, 4.69) is 48.6 Å². The molecule has 3 heteroatoms. The molecule has 0 bridgehead atoms. The summed E-state index contributed by atoms with van der Waals surface area (Å²) < 4.78 is 1.89. The Bertz CT molecular complexity index is 524. The van der Waals surface area contributed by atoms with Crippen molar-refractivity contribution in [1.29, 1.82) is 0 Å². The van der Waals surface area contributed by atoms with Gasteiger partial charge in [0.1, 0.15) is 0 Å². The SMILES string of the molecule is Cc1ccc(-n2cc(C3CC3)nn2)c(C)c1. The van der Waals surface area contributed by atoms with Crippen LogP contribution in [0, 0.1) is 13.8 Å². The van der Waals surface area contributed by atoms with Crippen molar-refractivity contribution in [2.45, 2.75) is 32.6 Å². The summed E-state index contributed by atoms with van der Waals surface area (Å²) in [5.74, 6) is 0.666. The van der Waals surface area contributed by atoms with Crippen molar-refractivity contribution >= 4 is 0 Å². The molecule has 0 amide bonds. The minimum absolute atomic E-state index is 0.666. The predicted molar refractivity (Wildman–Crippen MR) is 62.8 cm³/mol. The van der Waals surface area contributed by atoms with Gasteiger partial charge in [0.05, 0.1) is 17.6 Å². The molecule has 0 N–H and O–H groups in total. The summed E-state index contributed by atoms with van der Waals surface area (Å²) in [7, 11) is 0. The van der Waals surface area contributed by atoms with Gasteiger partial charge in [0.2, 0.25) is 0 Å². The lowest BCUT2D eigenvalue weighted by Crippen LogP contribution is -1.97. The van der Waals surface area contributed by atoms with Crippen molar-refractivity contribution in [3.05, 3.63) is 41.2 Å². The van der Waals surface area contributed by atoms with Gasteiger partial charge in [-0.3, -0.25) is 0 Å². The number of hydrogen-bond acceptors (Lipinski definition) is 2. The average molecular weight is 213 g/mol. The molecule has 1 aliphatic rings. The summed E-state index contributed by atoms with van der Waals surface area (Å²) in [6.45, 7) is 4.22. The van der Waals surface area contributed by atoms with Crippen LogP contribution in [0.4, 0.5) is 0 Å². The number of hydrogen-bond donors (Lipinski definition) is 0. The Labute approximate surface area is 95.1 Å². The van der Waals surface area contributed by atoms with Crippen LogP contribution in [-0.2, 0) is 0 Å². The quantitative estimate of drug-likeness (QED) is 0.768.